The molecule has 6 heteroatoms. The lowest BCUT2D eigenvalue weighted by molar-refractivity contribution is 1.18. The second-order valence-electron chi connectivity index (χ2n) is 12.5. The number of hydrogen-bond acceptors (Lipinski definition) is 4. The first-order valence-electron chi connectivity index (χ1n) is 16.8. The molecule has 0 radical (unpaired) electrons. The standard InChI is InChI=1S/C45H32N6/c1-30(39-15-7-9-23-47-39)26-34(29-38(46)40-16-8-10-24-48-40)51-42-22-20-31(27-37(42)45-43(51)18-11-25-49-45)32-19-21-36-35-14-5-6-17-41(35)50(44(36)28-32)33-12-3-2-4-13-33/h2-29H,1,46H2/b34-26+,38-29-. The molecule has 2 N–H and O–H groups in total. The van der Waals surface area contributed by atoms with Crippen molar-refractivity contribution in [1.29, 1.82) is 0 Å². The molecule has 0 atom stereocenters. The van der Waals surface area contributed by atoms with E-state index in [-0.39, 0.29) is 0 Å². The van der Waals surface area contributed by atoms with Crippen molar-refractivity contribution in [3.05, 3.63) is 188 Å². The molecule has 0 fully saturated rings. The van der Waals surface area contributed by atoms with Gasteiger partial charge in [-0.3, -0.25) is 15.0 Å². The zero-order valence-corrected chi connectivity index (χ0v) is 27.7. The number of aromatic nitrogens is 5. The molecule has 9 aromatic rings. The molecule has 6 nitrogen and oxygen atoms in total. The predicted octanol–water partition coefficient (Wildman–Crippen LogP) is 10.3. The zero-order chi connectivity index (χ0) is 34.3. The monoisotopic (exact) mass is 656 g/mol. The third-order valence-electron chi connectivity index (χ3n) is 9.38. The average molecular weight is 657 g/mol. The van der Waals surface area contributed by atoms with Crippen LogP contribution in [0.1, 0.15) is 11.4 Å². The Labute approximate surface area is 294 Å². The Morgan fingerprint density at radius 2 is 1.20 bits per heavy atom. The van der Waals surface area contributed by atoms with Gasteiger partial charge in [-0.15, -0.1) is 0 Å². The van der Waals surface area contributed by atoms with Gasteiger partial charge in [0.05, 0.1) is 44.7 Å². The summed E-state index contributed by atoms with van der Waals surface area (Å²) in [6.45, 7) is 4.38. The number of allylic oxidation sites excluding steroid dienone is 4. The number of pyridine rings is 3. The summed E-state index contributed by atoms with van der Waals surface area (Å²) in [5.74, 6) is 0. The summed E-state index contributed by atoms with van der Waals surface area (Å²) < 4.78 is 4.55. The van der Waals surface area contributed by atoms with Gasteiger partial charge in [0.15, 0.2) is 0 Å². The van der Waals surface area contributed by atoms with E-state index in [9.17, 15) is 0 Å². The summed E-state index contributed by atoms with van der Waals surface area (Å²) in [6, 6.07) is 48.1. The van der Waals surface area contributed by atoms with Crippen molar-refractivity contribution in [2.75, 3.05) is 0 Å². The Morgan fingerprint density at radius 3 is 2.00 bits per heavy atom. The van der Waals surface area contributed by atoms with Crippen molar-refractivity contribution < 1.29 is 0 Å². The van der Waals surface area contributed by atoms with E-state index < -0.39 is 0 Å². The van der Waals surface area contributed by atoms with Crippen LogP contribution in [0.15, 0.2) is 177 Å². The molecule has 0 aliphatic rings. The summed E-state index contributed by atoms with van der Waals surface area (Å²) in [6.07, 6.45) is 9.34. The molecule has 9 rings (SSSR count). The first kappa shape index (κ1) is 30.0. The van der Waals surface area contributed by atoms with Gasteiger partial charge in [0, 0.05) is 46.1 Å². The number of nitrogens with zero attached hydrogens (tertiary/aromatic N) is 5. The lowest BCUT2D eigenvalue weighted by Gasteiger charge is -2.12. The molecule has 0 aliphatic carbocycles. The normalized spacial score (nSPS) is 12.3. The molecule has 5 heterocycles. The van der Waals surface area contributed by atoms with Gasteiger partial charge >= 0.3 is 0 Å². The Bertz CT molecular complexity index is 2810. The lowest BCUT2D eigenvalue weighted by atomic mass is 10.0. The second kappa shape index (κ2) is 12.4. The van der Waals surface area contributed by atoms with Crippen molar-refractivity contribution in [3.63, 3.8) is 0 Å². The van der Waals surface area contributed by atoms with Crippen LogP contribution in [0.5, 0.6) is 0 Å². The number of hydrogen-bond donors (Lipinski definition) is 1. The van der Waals surface area contributed by atoms with Crippen molar-refractivity contribution in [1.82, 2.24) is 24.1 Å². The van der Waals surface area contributed by atoms with Crippen LogP contribution in [-0.2, 0) is 0 Å². The van der Waals surface area contributed by atoms with Crippen molar-refractivity contribution >= 4 is 60.7 Å². The highest BCUT2D eigenvalue weighted by Gasteiger charge is 2.18. The van der Waals surface area contributed by atoms with Crippen molar-refractivity contribution in [2.45, 2.75) is 0 Å². The topological polar surface area (TPSA) is 74.5 Å². The van der Waals surface area contributed by atoms with Gasteiger partial charge in [-0.1, -0.05) is 73.3 Å². The highest BCUT2D eigenvalue weighted by atomic mass is 15.0. The predicted molar refractivity (Wildman–Crippen MR) is 211 cm³/mol. The van der Waals surface area contributed by atoms with E-state index in [0.717, 1.165) is 61.2 Å². The molecule has 0 saturated carbocycles. The fourth-order valence-electron chi connectivity index (χ4n) is 7.04. The van der Waals surface area contributed by atoms with Gasteiger partial charge in [0.2, 0.25) is 0 Å². The van der Waals surface area contributed by atoms with Crippen LogP contribution in [0.2, 0.25) is 0 Å². The van der Waals surface area contributed by atoms with E-state index in [1.165, 1.54) is 16.3 Å². The fourth-order valence-corrected chi connectivity index (χ4v) is 7.04. The lowest BCUT2D eigenvalue weighted by Crippen LogP contribution is -2.03. The van der Waals surface area contributed by atoms with Crippen LogP contribution >= 0.6 is 0 Å². The fraction of sp³-hybridized carbons (Fsp3) is 0. The molecule has 0 amide bonds. The average Bonchev–Trinajstić information content (AvgIpc) is 3.70. The molecule has 0 aliphatic heterocycles. The molecule has 5 aromatic heterocycles. The maximum absolute atomic E-state index is 6.71. The molecule has 0 unspecified atom stereocenters. The Hall–Kier alpha value is -7.05. The maximum Gasteiger partial charge on any atom is 0.0963 e. The van der Waals surface area contributed by atoms with Crippen LogP contribution in [0.25, 0.3) is 77.5 Å². The molecule has 51 heavy (non-hydrogen) atoms. The van der Waals surface area contributed by atoms with Crippen LogP contribution in [0.4, 0.5) is 0 Å². The maximum atomic E-state index is 6.71. The van der Waals surface area contributed by atoms with Crippen molar-refractivity contribution in [3.8, 4) is 16.8 Å². The third-order valence-corrected chi connectivity index (χ3v) is 9.38. The van der Waals surface area contributed by atoms with Gasteiger partial charge in [-0.05, 0) is 102 Å². The molecule has 0 spiro atoms. The minimum Gasteiger partial charge on any atom is -0.397 e. The molecule has 0 saturated heterocycles. The van der Waals surface area contributed by atoms with E-state index in [1.54, 1.807) is 12.4 Å². The smallest absolute Gasteiger partial charge is 0.0963 e. The minimum atomic E-state index is 0.535. The van der Waals surface area contributed by atoms with Crippen LogP contribution in [0, 0.1) is 0 Å². The highest BCUT2D eigenvalue weighted by molar-refractivity contribution is 6.12. The van der Waals surface area contributed by atoms with Gasteiger partial charge in [-0.25, -0.2) is 0 Å². The minimum absolute atomic E-state index is 0.535. The van der Waals surface area contributed by atoms with Gasteiger partial charge < -0.3 is 14.9 Å². The molecular weight excluding hydrogens is 625 g/mol. The van der Waals surface area contributed by atoms with E-state index >= 15 is 0 Å². The summed E-state index contributed by atoms with van der Waals surface area (Å²) in [7, 11) is 0. The Balaban J connectivity index is 1.24. The molecular formula is C45H32N6. The number of fused-ring (bicyclic) bond motifs is 6. The van der Waals surface area contributed by atoms with Gasteiger partial charge in [-0.2, -0.15) is 0 Å². The zero-order valence-electron chi connectivity index (χ0n) is 27.7. The number of nitrogens with two attached hydrogens (primary N) is 1. The SMILES string of the molecule is C=C(/C=C(\C=C(/N)c1ccccn1)n1c2ccc(-c3ccc4c5ccccc5n(-c5ccccc5)c4c3)cc2c2ncccc21)c1ccccn1. The van der Waals surface area contributed by atoms with Crippen molar-refractivity contribution in [2.24, 2.45) is 5.73 Å². The van der Waals surface area contributed by atoms with E-state index in [4.69, 9.17) is 10.7 Å². The molecule has 4 aromatic carbocycles. The summed E-state index contributed by atoms with van der Waals surface area (Å²) >= 11 is 0. The summed E-state index contributed by atoms with van der Waals surface area (Å²) in [5, 5.41) is 3.49. The first-order chi connectivity index (χ1) is 25.1. The number of rotatable bonds is 7. The van der Waals surface area contributed by atoms with Gasteiger partial charge in [0.25, 0.3) is 0 Å². The highest BCUT2D eigenvalue weighted by Crippen LogP contribution is 2.38. The second-order valence-corrected chi connectivity index (χ2v) is 12.5. The van der Waals surface area contributed by atoms with E-state index in [2.05, 4.69) is 123 Å². The van der Waals surface area contributed by atoms with Crippen LogP contribution in [0.3, 0.4) is 0 Å². The number of para-hydroxylation sites is 2. The summed E-state index contributed by atoms with van der Waals surface area (Å²) in [4.78, 5) is 14.0. The van der Waals surface area contributed by atoms with Gasteiger partial charge in [0.1, 0.15) is 0 Å². The largest absolute Gasteiger partial charge is 0.397 e. The quantitative estimate of drug-likeness (QED) is 0.173. The molecule has 0 bridgehead atoms. The van der Waals surface area contributed by atoms with Crippen LogP contribution in [-0.4, -0.2) is 24.1 Å². The third kappa shape index (κ3) is 5.27. The Kier molecular flexibility index (Phi) is 7.33. The Morgan fingerprint density at radius 1 is 0.529 bits per heavy atom. The molecule has 242 valence electrons. The first-order valence-corrected chi connectivity index (χ1v) is 16.8. The van der Waals surface area contributed by atoms with Crippen LogP contribution < -0.4 is 5.73 Å². The van der Waals surface area contributed by atoms with E-state index in [1.807, 2.05) is 60.8 Å². The number of benzene rings is 4. The summed E-state index contributed by atoms with van der Waals surface area (Å²) in [5.41, 5.74) is 18.9. The van der Waals surface area contributed by atoms with E-state index in [0.29, 0.717) is 11.4 Å².